The number of anilines is 2. The number of rotatable bonds is 2. The predicted molar refractivity (Wildman–Crippen MR) is 188 cm³/mol. The van der Waals surface area contributed by atoms with E-state index in [1.54, 1.807) is 11.3 Å². The number of nitrogens with zero attached hydrogens (tertiary/aromatic N) is 3. The van der Waals surface area contributed by atoms with Crippen molar-refractivity contribution >= 4 is 75.6 Å². The summed E-state index contributed by atoms with van der Waals surface area (Å²) >= 11 is 1.69. The monoisotopic (exact) mass is 594 g/mol. The Kier molecular flexibility index (Phi) is 4.92. The van der Waals surface area contributed by atoms with Gasteiger partial charge in [-0.15, -0.1) is 16.4 Å². The lowest BCUT2D eigenvalue weighted by molar-refractivity contribution is 0.316. The Bertz CT molecular complexity index is 2700. The van der Waals surface area contributed by atoms with E-state index in [0.29, 0.717) is 12.0 Å². The molecule has 1 aliphatic heterocycles. The van der Waals surface area contributed by atoms with Crippen LogP contribution in [0.25, 0.3) is 75.0 Å². The first-order chi connectivity index (χ1) is 22.7. The highest BCUT2D eigenvalue weighted by atomic mass is 32.1. The van der Waals surface area contributed by atoms with Gasteiger partial charge in [0, 0.05) is 37.5 Å². The van der Waals surface area contributed by atoms with Crippen LogP contribution in [-0.2, 0) is 0 Å². The Labute approximate surface area is 263 Å². The van der Waals surface area contributed by atoms with E-state index in [4.69, 9.17) is 16.2 Å². The Morgan fingerprint density at radius 2 is 1.33 bits per heavy atom. The molecule has 0 fully saturated rings. The molecular weight excluding hydrogens is 571 g/mol. The summed E-state index contributed by atoms with van der Waals surface area (Å²) in [6.45, 7) is 0. The maximum absolute atomic E-state index is 8.97. The van der Waals surface area contributed by atoms with Gasteiger partial charge in [-0.1, -0.05) is 121 Å². The number of aromatic nitrogens is 2. The molecule has 0 radical (unpaired) electrons. The first-order valence-corrected chi connectivity index (χ1v) is 15.8. The van der Waals surface area contributed by atoms with E-state index in [-0.39, 0.29) is 0 Å². The molecule has 5 heteroatoms. The van der Waals surface area contributed by atoms with Gasteiger partial charge in [0.05, 0.1) is 17.3 Å². The molecule has 210 valence electrons. The largest absolute Gasteiger partial charge is 0.371 e. The van der Waals surface area contributed by atoms with E-state index in [2.05, 4.69) is 84.9 Å². The fourth-order valence-corrected chi connectivity index (χ4v) is 8.07. The minimum Gasteiger partial charge on any atom is -0.371 e. The van der Waals surface area contributed by atoms with Gasteiger partial charge < -0.3 is 4.84 Å². The van der Waals surface area contributed by atoms with Gasteiger partial charge in [-0.3, -0.25) is 0 Å². The molecule has 0 saturated carbocycles. The van der Waals surface area contributed by atoms with Crippen molar-refractivity contribution in [2.75, 3.05) is 5.06 Å². The standard InChI is InChI=1S/C40H23N3OS/c1-2-13-25(14-3-1)37-29-18-8-10-20-31(29)41-40(42-37)43-38-36(35-26-15-5-4-12-24(26)22-23-32(35)44-43)28-17-7-6-16-27(28)34-30-19-9-11-21-33(30)45-39(34)38/h1-23H/i19D. The Morgan fingerprint density at radius 1 is 0.600 bits per heavy atom. The summed E-state index contributed by atoms with van der Waals surface area (Å²) in [4.78, 5) is 17.3. The summed E-state index contributed by atoms with van der Waals surface area (Å²) in [5.41, 5.74) is 5.72. The molecule has 0 spiro atoms. The topological polar surface area (TPSA) is 38.2 Å². The lowest BCUT2D eigenvalue weighted by atomic mass is 9.89. The number of hydrogen-bond donors (Lipinski definition) is 0. The third kappa shape index (κ3) is 3.53. The maximum atomic E-state index is 8.97. The Morgan fingerprint density at radius 3 is 2.22 bits per heavy atom. The van der Waals surface area contributed by atoms with Crippen LogP contribution in [0.1, 0.15) is 1.37 Å². The van der Waals surface area contributed by atoms with Crippen molar-refractivity contribution in [1.82, 2.24) is 9.97 Å². The number of thiophene rings is 1. The molecule has 0 amide bonds. The predicted octanol–water partition coefficient (Wildman–Crippen LogP) is 11.1. The average Bonchev–Trinajstić information content (AvgIpc) is 3.52. The van der Waals surface area contributed by atoms with Crippen LogP contribution in [0.3, 0.4) is 0 Å². The average molecular weight is 595 g/mol. The van der Waals surface area contributed by atoms with Crippen LogP contribution in [0.5, 0.6) is 5.75 Å². The highest BCUT2D eigenvalue weighted by Crippen LogP contribution is 2.56. The molecular formula is C40H23N3OS. The van der Waals surface area contributed by atoms with Gasteiger partial charge >= 0.3 is 0 Å². The van der Waals surface area contributed by atoms with Crippen molar-refractivity contribution in [3.05, 3.63) is 140 Å². The number of benzene rings is 7. The van der Waals surface area contributed by atoms with Crippen LogP contribution in [0, 0.1) is 0 Å². The first kappa shape index (κ1) is 23.6. The second-order valence-corrected chi connectivity index (χ2v) is 12.3. The van der Waals surface area contributed by atoms with Crippen molar-refractivity contribution in [3.8, 4) is 28.1 Å². The van der Waals surface area contributed by atoms with Crippen molar-refractivity contribution in [2.45, 2.75) is 0 Å². The molecule has 45 heavy (non-hydrogen) atoms. The Hall–Kier alpha value is -5.78. The second-order valence-electron chi connectivity index (χ2n) is 11.3. The third-order valence-electron chi connectivity index (χ3n) is 8.78. The molecule has 9 aromatic rings. The lowest BCUT2D eigenvalue weighted by Crippen LogP contribution is -2.28. The molecule has 0 aliphatic carbocycles. The van der Waals surface area contributed by atoms with Gasteiger partial charge in [-0.25, -0.2) is 9.97 Å². The fraction of sp³-hybridized carbons (Fsp3) is 0. The minimum absolute atomic E-state index is 0.456. The van der Waals surface area contributed by atoms with E-state index in [1.807, 2.05) is 53.6 Å². The lowest BCUT2D eigenvalue weighted by Gasteiger charge is -2.33. The zero-order valence-corrected chi connectivity index (χ0v) is 24.7. The van der Waals surface area contributed by atoms with Crippen molar-refractivity contribution in [1.29, 1.82) is 0 Å². The van der Waals surface area contributed by atoms with E-state index in [0.717, 1.165) is 86.4 Å². The highest BCUT2D eigenvalue weighted by Gasteiger charge is 2.34. The van der Waals surface area contributed by atoms with Crippen LogP contribution in [0.15, 0.2) is 140 Å². The summed E-state index contributed by atoms with van der Waals surface area (Å²) in [5, 5.41) is 9.30. The molecule has 0 atom stereocenters. The normalized spacial score (nSPS) is 12.9. The number of fused-ring (bicyclic) bond motifs is 13. The van der Waals surface area contributed by atoms with E-state index < -0.39 is 0 Å². The van der Waals surface area contributed by atoms with Gasteiger partial charge in [0.15, 0.2) is 5.75 Å². The van der Waals surface area contributed by atoms with Gasteiger partial charge in [-0.05, 0) is 39.7 Å². The summed E-state index contributed by atoms with van der Waals surface area (Å²) in [6, 6.07) is 46.0. The maximum Gasteiger partial charge on any atom is 0.265 e. The van der Waals surface area contributed by atoms with Crippen LogP contribution < -0.4 is 9.90 Å². The molecule has 3 heterocycles. The molecule has 0 bridgehead atoms. The number of para-hydroxylation sites is 1. The minimum atomic E-state index is 0.456. The molecule has 0 saturated heterocycles. The van der Waals surface area contributed by atoms with Crippen LogP contribution >= 0.6 is 11.3 Å². The van der Waals surface area contributed by atoms with E-state index in [1.165, 1.54) is 0 Å². The summed E-state index contributed by atoms with van der Waals surface area (Å²) in [7, 11) is 0. The smallest absolute Gasteiger partial charge is 0.265 e. The fourth-order valence-electron chi connectivity index (χ4n) is 6.85. The van der Waals surface area contributed by atoms with Gasteiger partial charge in [0.1, 0.15) is 5.69 Å². The van der Waals surface area contributed by atoms with Crippen molar-refractivity contribution in [2.24, 2.45) is 0 Å². The summed E-state index contributed by atoms with van der Waals surface area (Å²) < 4.78 is 11.1. The molecule has 1 aliphatic rings. The molecule has 2 aromatic heterocycles. The quantitative estimate of drug-likeness (QED) is 0.200. The number of hydrogen-bond acceptors (Lipinski definition) is 5. The van der Waals surface area contributed by atoms with E-state index >= 15 is 0 Å². The first-order valence-electron chi connectivity index (χ1n) is 15.4. The van der Waals surface area contributed by atoms with Crippen LogP contribution in [0.4, 0.5) is 11.6 Å². The zero-order valence-electron chi connectivity index (χ0n) is 24.9. The summed E-state index contributed by atoms with van der Waals surface area (Å²) in [6.07, 6.45) is 0. The molecule has 7 aromatic carbocycles. The van der Waals surface area contributed by atoms with Crippen LogP contribution in [-0.4, -0.2) is 9.97 Å². The molecule has 4 nitrogen and oxygen atoms in total. The Balaban J connectivity index is 1.39. The van der Waals surface area contributed by atoms with Gasteiger partial charge in [0.25, 0.3) is 5.95 Å². The third-order valence-corrected chi connectivity index (χ3v) is 9.94. The van der Waals surface area contributed by atoms with Crippen molar-refractivity contribution < 1.29 is 6.21 Å². The molecule has 0 N–H and O–H groups in total. The van der Waals surface area contributed by atoms with Gasteiger partial charge in [-0.2, -0.15) is 0 Å². The SMILES string of the molecule is [2H]c1cccc2sc3c4c(c5ccccc5c3c12)-c1c(ccc2ccccc12)ON4c1nc(-c2ccccc2)c2ccccc2n1. The zero-order chi connectivity index (χ0) is 30.4. The molecule has 0 unspecified atom stereocenters. The van der Waals surface area contributed by atoms with E-state index in [9.17, 15) is 0 Å². The van der Waals surface area contributed by atoms with Gasteiger partial charge in [0.2, 0.25) is 0 Å². The van der Waals surface area contributed by atoms with Crippen LogP contribution in [0.2, 0.25) is 0 Å². The summed E-state index contributed by atoms with van der Waals surface area (Å²) in [5.74, 6) is 1.20. The highest BCUT2D eigenvalue weighted by molar-refractivity contribution is 7.26. The second kappa shape index (κ2) is 9.36. The van der Waals surface area contributed by atoms with Crippen molar-refractivity contribution in [3.63, 3.8) is 0 Å². The molecule has 10 rings (SSSR count).